The number of amides is 1. The second-order valence-electron chi connectivity index (χ2n) is 5.19. The summed E-state index contributed by atoms with van der Waals surface area (Å²) in [6, 6.07) is -0.322. The Morgan fingerprint density at radius 3 is 2.19 bits per heavy atom. The summed E-state index contributed by atoms with van der Waals surface area (Å²) in [4.78, 5) is 11.5. The van der Waals surface area contributed by atoms with Crippen LogP contribution in [0.3, 0.4) is 0 Å². The molecule has 0 heterocycles. The van der Waals surface area contributed by atoms with Crippen LogP contribution in [0.4, 0.5) is 4.79 Å². The molecule has 0 unspecified atom stereocenters. The van der Waals surface area contributed by atoms with Crippen molar-refractivity contribution in [3.63, 3.8) is 0 Å². The van der Waals surface area contributed by atoms with Gasteiger partial charge in [-0.05, 0) is 40.9 Å². The fourth-order valence-electron chi connectivity index (χ4n) is 1.03. The molecular weight excluding hydrogens is 226 g/mol. The molecule has 0 radical (unpaired) electrons. The lowest BCUT2D eigenvalue weighted by Crippen LogP contribution is -2.50. The molecule has 0 rings (SSSR count). The number of aliphatic hydroxyl groups is 1. The van der Waals surface area contributed by atoms with Gasteiger partial charge in [0.1, 0.15) is 5.60 Å². The van der Waals surface area contributed by atoms with Gasteiger partial charge in [0.25, 0.3) is 0 Å². The van der Waals surface area contributed by atoms with E-state index in [1.54, 1.807) is 32.5 Å². The van der Waals surface area contributed by atoms with Crippen molar-refractivity contribution < 1.29 is 14.6 Å². The SMILES string of the molecule is CSC(C)(C)[C@@H](CO)NC(=O)OC(C)(C)C. The molecule has 0 saturated heterocycles. The summed E-state index contributed by atoms with van der Waals surface area (Å²) in [6.45, 7) is 9.25. The molecule has 16 heavy (non-hydrogen) atoms. The summed E-state index contributed by atoms with van der Waals surface area (Å²) in [5.41, 5.74) is -0.520. The number of rotatable bonds is 4. The summed E-state index contributed by atoms with van der Waals surface area (Å²) < 4.78 is 4.91. The Balaban J connectivity index is 4.40. The predicted molar refractivity (Wildman–Crippen MR) is 67.8 cm³/mol. The number of thioether (sulfide) groups is 1. The van der Waals surface area contributed by atoms with E-state index in [1.807, 2.05) is 20.1 Å². The molecule has 1 amide bonds. The highest BCUT2D eigenvalue weighted by atomic mass is 32.2. The summed E-state index contributed by atoms with van der Waals surface area (Å²) in [6.07, 6.45) is 1.45. The number of alkyl carbamates (subject to hydrolysis) is 1. The van der Waals surface area contributed by atoms with Gasteiger partial charge in [0.05, 0.1) is 12.6 Å². The lowest BCUT2D eigenvalue weighted by molar-refractivity contribution is 0.0470. The average Bonchev–Trinajstić information content (AvgIpc) is 2.11. The monoisotopic (exact) mass is 249 g/mol. The van der Waals surface area contributed by atoms with Crippen molar-refractivity contribution in [2.45, 2.75) is 51.0 Å². The highest BCUT2D eigenvalue weighted by Gasteiger charge is 2.30. The molecule has 0 aliphatic carbocycles. The van der Waals surface area contributed by atoms with Crippen molar-refractivity contribution in [3.05, 3.63) is 0 Å². The molecule has 0 aromatic rings. The number of nitrogens with one attached hydrogen (secondary N) is 1. The van der Waals surface area contributed by atoms with Crippen LogP contribution in [0.5, 0.6) is 0 Å². The van der Waals surface area contributed by atoms with Crippen LogP contribution in [0, 0.1) is 0 Å². The maximum atomic E-state index is 11.5. The van der Waals surface area contributed by atoms with Crippen molar-refractivity contribution in [2.24, 2.45) is 0 Å². The molecule has 0 aromatic heterocycles. The minimum atomic E-state index is -0.520. The van der Waals surface area contributed by atoms with Crippen molar-refractivity contribution in [3.8, 4) is 0 Å². The van der Waals surface area contributed by atoms with E-state index in [-0.39, 0.29) is 17.4 Å². The zero-order valence-corrected chi connectivity index (χ0v) is 11.8. The van der Waals surface area contributed by atoms with E-state index in [0.717, 1.165) is 0 Å². The van der Waals surface area contributed by atoms with E-state index >= 15 is 0 Å². The number of hydrogen-bond acceptors (Lipinski definition) is 4. The smallest absolute Gasteiger partial charge is 0.407 e. The summed E-state index contributed by atoms with van der Waals surface area (Å²) in [5, 5.41) is 11.9. The largest absolute Gasteiger partial charge is 0.444 e. The number of ether oxygens (including phenoxy) is 1. The van der Waals surface area contributed by atoms with E-state index in [2.05, 4.69) is 5.32 Å². The third-order valence-electron chi connectivity index (χ3n) is 2.24. The first-order chi connectivity index (χ1) is 7.12. The third kappa shape index (κ3) is 5.61. The Labute approximate surface area is 102 Å². The third-order valence-corrected chi connectivity index (χ3v) is 3.58. The highest BCUT2D eigenvalue weighted by molar-refractivity contribution is 8.00. The molecule has 4 nitrogen and oxygen atoms in total. The number of hydrogen-bond donors (Lipinski definition) is 2. The standard InChI is InChI=1S/C11H23NO3S/c1-10(2,3)15-9(14)12-8(7-13)11(4,5)16-6/h8,13H,7H2,1-6H3,(H,12,14)/t8-/m1/s1. The van der Waals surface area contributed by atoms with Gasteiger partial charge in [-0.3, -0.25) is 0 Å². The quantitative estimate of drug-likeness (QED) is 0.800. The minimum Gasteiger partial charge on any atom is -0.444 e. The molecule has 1 atom stereocenters. The Morgan fingerprint density at radius 2 is 1.88 bits per heavy atom. The van der Waals surface area contributed by atoms with Gasteiger partial charge in [-0.1, -0.05) is 0 Å². The Morgan fingerprint density at radius 1 is 1.38 bits per heavy atom. The second-order valence-corrected chi connectivity index (χ2v) is 6.65. The molecule has 0 aliphatic heterocycles. The predicted octanol–water partition coefficient (Wildman–Crippen LogP) is 2.01. The van der Waals surface area contributed by atoms with E-state index in [1.165, 1.54) is 0 Å². The lowest BCUT2D eigenvalue weighted by Gasteiger charge is -2.32. The zero-order valence-electron chi connectivity index (χ0n) is 11.0. The molecule has 0 fully saturated rings. The van der Waals surface area contributed by atoms with E-state index in [4.69, 9.17) is 4.74 Å². The van der Waals surface area contributed by atoms with Crippen LogP contribution in [0.25, 0.3) is 0 Å². The van der Waals surface area contributed by atoms with Gasteiger partial charge >= 0.3 is 6.09 Å². The molecule has 0 aromatic carbocycles. The van der Waals surface area contributed by atoms with Crippen LogP contribution in [-0.4, -0.2) is 40.5 Å². The molecule has 0 aliphatic rings. The summed E-state index contributed by atoms with van der Waals surface area (Å²) in [7, 11) is 0. The molecule has 0 bridgehead atoms. The Kier molecular flexibility index (Phi) is 5.62. The topological polar surface area (TPSA) is 58.6 Å². The molecule has 0 spiro atoms. The Bertz CT molecular complexity index is 236. The van der Waals surface area contributed by atoms with Gasteiger partial charge < -0.3 is 15.2 Å². The first-order valence-corrected chi connectivity index (χ1v) is 6.50. The molecule has 0 saturated carbocycles. The first kappa shape index (κ1) is 15.6. The lowest BCUT2D eigenvalue weighted by atomic mass is 10.0. The zero-order chi connectivity index (χ0) is 13.0. The van der Waals surface area contributed by atoms with E-state index in [0.29, 0.717) is 0 Å². The van der Waals surface area contributed by atoms with Gasteiger partial charge in [0.2, 0.25) is 0 Å². The van der Waals surface area contributed by atoms with Gasteiger partial charge in [-0.2, -0.15) is 11.8 Å². The molecule has 2 N–H and O–H groups in total. The Hall–Kier alpha value is -0.420. The minimum absolute atomic E-state index is 0.104. The number of carbonyl (C=O) groups is 1. The van der Waals surface area contributed by atoms with Gasteiger partial charge in [-0.25, -0.2) is 4.79 Å². The van der Waals surface area contributed by atoms with Crippen LogP contribution in [0.1, 0.15) is 34.6 Å². The fourth-order valence-corrected chi connectivity index (χ4v) is 1.45. The highest BCUT2D eigenvalue weighted by Crippen LogP contribution is 2.25. The molecular formula is C11H23NO3S. The van der Waals surface area contributed by atoms with E-state index in [9.17, 15) is 9.90 Å². The molecule has 5 heteroatoms. The maximum Gasteiger partial charge on any atom is 0.407 e. The van der Waals surface area contributed by atoms with Crippen molar-refractivity contribution in [2.75, 3.05) is 12.9 Å². The number of carbonyl (C=O) groups excluding carboxylic acids is 1. The van der Waals surface area contributed by atoms with Gasteiger partial charge in [0.15, 0.2) is 0 Å². The second kappa shape index (κ2) is 5.77. The van der Waals surface area contributed by atoms with Crippen LogP contribution in [0.15, 0.2) is 0 Å². The summed E-state index contributed by atoms with van der Waals surface area (Å²) in [5.74, 6) is 0. The average molecular weight is 249 g/mol. The van der Waals surface area contributed by atoms with Crippen LogP contribution < -0.4 is 5.32 Å². The fraction of sp³-hybridized carbons (Fsp3) is 0.909. The van der Waals surface area contributed by atoms with Gasteiger partial charge in [0, 0.05) is 4.75 Å². The first-order valence-electron chi connectivity index (χ1n) is 5.28. The van der Waals surface area contributed by atoms with Crippen LogP contribution in [-0.2, 0) is 4.74 Å². The van der Waals surface area contributed by atoms with Crippen LogP contribution in [0.2, 0.25) is 0 Å². The maximum absolute atomic E-state index is 11.5. The van der Waals surface area contributed by atoms with E-state index < -0.39 is 11.7 Å². The number of aliphatic hydroxyl groups excluding tert-OH is 1. The van der Waals surface area contributed by atoms with Crippen molar-refractivity contribution in [1.82, 2.24) is 5.32 Å². The van der Waals surface area contributed by atoms with Gasteiger partial charge in [-0.15, -0.1) is 0 Å². The van der Waals surface area contributed by atoms with Crippen molar-refractivity contribution >= 4 is 17.9 Å². The summed E-state index contributed by atoms with van der Waals surface area (Å²) >= 11 is 1.59. The van der Waals surface area contributed by atoms with Crippen LogP contribution >= 0.6 is 11.8 Å². The molecule has 96 valence electrons. The van der Waals surface area contributed by atoms with Crippen molar-refractivity contribution in [1.29, 1.82) is 0 Å². The normalized spacial score (nSPS) is 14.4.